The van der Waals surface area contributed by atoms with Crippen LogP contribution in [0.25, 0.3) is 0 Å². The van der Waals surface area contributed by atoms with Gasteiger partial charge >= 0.3 is 6.03 Å². The van der Waals surface area contributed by atoms with Crippen LogP contribution in [0.2, 0.25) is 0 Å². The highest BCUT2D eigenvalue weighted by Crippen LogP contribution is 2.38. The van der Waals surface area contributed by atoms with Gasteiger partial charge in [-0.2, -0.15) is 0 Å². The molecule has 1 aliphatic carbocycles. The molecule has 106 valence electrons. The van der Waals surface area contributed by atoms with Crippen molar-refractivity contribution in [3.05, 3.63) is 0 Å². The Morgan fingerprint density at radius 2 is 2.11 bits per heavy atom. The van der Waals surface area contributed by atoms with E-state index in [0.29, 0.717) is 6.42 Å². The minimum absolute atomic E-state index is 0.122. The Morgan fingerprint density at radius 1 is 1.42 bits per heavy atom. The van der Waals surface area contributed by atoms with E-state index in [-0.39, 0.29) is 24.3 Å². The van der Waals surface area contributed by atoms with Crippen LogP contribution in [0.1, 0.15) is 32.6 Å². The van der Waals surface area contributed by atoms with E-state index in [4.69, 9.17) is 0 Å². The summed E-state index contributed by atoms with van der Waals surface area (Å²) in [5.74, 6) is -0.360. The van der Waals surface area contributed by atoms with Crippen LogP contribution in [0.15, 0.2) is 0 Å². The fraction of sp³-hybridized carbons (Fsp3) is 0.769. The third-order valence-electron chi connectivity index (χ3n) is 4.29. The van der Waals surface area contributed by atoms with Gasteiger partial charge in [-0.3, -0.25) is 14.5 Å². The van der Waals surface area contributed by atoms with Crippen molar-refractivity contribution in [1.82, 2.24) is 15.1 Å². The molecule has 1 aliphatic heterocycles. The van der Waals surface area contributed by atoms with Gasteiger partial charge in [0.1, 0.15) is 12.1 Å². The average Bonchev–Trinajstić information content (AvgIpc) is 2.58. The van der Waals surface area contributed by atoms with Crippen molar-refractivity contribution < 1.29 is 14.4 Å². The lowest BCUT2D eigenvalue weighted by molar-refractivity contribution is -0.139. The maximum absolute atomic E-state index is 12.5. The number of hydrogen-bond acceptors (Lipinski definition) is 3. The van der Waals surface area contributed by atoms with E-state index < -0.39 is 11.6 Å². The van der Waals surface area contributed by atoms with Crippen molar-refractivity contribution >= 4 is 17.8 Å². The van der Waals surface area contributed by atoms with E-state index in [1.54, 1.807) is 14.1 Å². The summed E-state index contributed by atoms with van der Waals surface area (Å²) in [7, 11) is 3.22. The highest BCUT2D eigenvalue weighted by molar-refractivity contribution is 6.09. The van der Waals surface area contributed by atoms with Crippen molar-refractivity contribution in [2.45, 2.75) is 38.1 Å². The van der Waals surface area contributed by atoms with Gasteiger partial charge < -0.3 is 10.2 Å². The minimum Gasteiger partial charge on any atom is -0.347 e. The molecule has 1 N–H and O–H groups in total. The fourth-order valence-corrected chi connectivity index (χ4v) is 2.92. The normalized spacial score (nSPS) is 30.7. The number of imide groups is 1. The second-order valence-corrected chi connectivity index (χ2v) is 5.73. The van der Waals surface area contributed by atoms with Crippen LogP contribution >= 0.6 is 0 Å². The molecule has 6 heteroatoms. The minimum atomic E-state index is -0.776. The second-order valence-electron chi connectivity index (χ2n) is 5.73. The first kappa shape index (κ1) is 13.8. The van der Waals surface area contributed by atoms with Gasteiger partial charge in [-0.05, 0) is 18.8 Å². The molecule has 1 saturated heterocycles. The number of carbonyl (C=O) groups excluding carboxylic acids is 3. The number of nitrogens with zero attached hydrogens (tertiary/aromatic N) is 2. The molecule has 2 rings (SSSR count). The van der Waals surface area contributed by atoms with Crippen LogP contribution in [0.4, 0.5) is 4.79 Å². The summed E-state index contributed by atoms with van der Waals surface area (Å²) in [5, 5.41) is 2.83. The zero-order valence-electron chi connectivity index (χ0n) is 11.7. The molecule has 1 spiro atoms. The molecule has 0 bridgehead atoms. The van der Waals surface area contributed by atoms with Gasteiger partial charge in [0.05, 0.1) is 0 Å². The lowest BCUT2D eigenvalue weighted by Gasteiger charge is -2.36. The third kappa shape index (κ3) is 2.19. The largest absolute Gasteiger partial charge is 0.347 e. The van der Waals surface area contributed by atoms with Gasteiger partial charge in [-0.15, -0.1) is 0 Å². The van der Waals surface area contributed by atoms with Gasteiger partial charge in [0.15, 0.2) is 0 Å². The van der Waals surface area contributed by atoms with Crippen LogP contribution in [-0.4, -0.2) is 53.8 Å². The number of nitrogens with one attached hydrogen (secondary N) is 1. The van der Waals surface area contributed by atoms with Crippen LogP contribution in [0.3, 0.4) is 0 Å². The predicted octanol–water partition coefficient (Wildman–Crippen LogP) is 0.575. The van der Waals surface area contributed by atoms with Crippen LogP contribution in [0.5, 0.6) is 0 Å². The van der Waals surface area contributed by atoms with E-state index in [9.17, 15) is 14.4 Å². The van der Waals surface area contributed by atoms with Crippen LogP contribution in [0, 0.1) is 5.92 Å². The number of carbonyl (C=O) groups is 3. The monoisotopic (exact) mass is 267 g/mol. The number of urea groups is 1. The lowest BCUT2D eigenvalue weighted by Crippen LogP contribution is -2.54. The van der Waals surface area contributed by atoms with Gasteiger partial charge in [0.25, 0.3) is 5.91 Å². The van der Waals surface area contributed by atoms with Crippen molar-refractivity contribution in [3.8, 4) is 0 Å². The molecule has 2 fully saturated rings. The Kier molecular flexibility index (Phi) is 3.52. The molecule has 4 amide bonds. The molecule has 6 nitrogen and oxygen atoms in total. The van der Waals surface area contributed by atoms with E-state index >= 15 is 0 Å². The highest BCUT2D eigenvalue weighted by Gasteiger charge is 2.55. The Hall–Kier alpha value is -1.59. The molecule has 2 atom stereocenters. The first-order valence-electron chi connectivity index (χ1n) is 6.73. The van der Waals surface area contributed by atoms with Gasteiger partial charge in [-0.1, -0.05) is 19.8 Å². The topological polar surface area (TPSA) is 69.7 Å². The summed E-state index contributed by atoms with van der Waals surface area (Å²) in [5.41, 5.74) is -0.776. The summed E-state index contributed by atoms with van der Waals surface area (Å²) in [6.07, 6.45) is 3.63. The smallest absolute Gasteiger partial charge is 0.325 e. The molecule has 0 aromatic heterocycles. The number of rotatable bonds is 2. The number of likely N-dealkylation sites (N-methyl/N-ethyl adjacent to an activating group) is 1. The van der Waals surface area contributed by atoms with Crippen molar-refractivity contribution in [1.29, 1.82) is 0 Å². The van der Waals surface area contributed by atoms with Crippen molar-refractivity contribution in [3.63, 3.8) is 0 Å². The van der Waals surface area contributed by atoms with Crippen molar-refractivity contribution in [2.75, 3.05) is 20.6 Å². The Labute approximate surface area is 113 Å². The third-order valence-corrected chi connectivity index (χ3v) is 4.29. The van der Waals surface area contributed by atoms with E-state index in [0.717, 1.165) is 24.2 Å². The van der Waals surface area contributed by atoms with Gasteiger partial charge in [-0.25, -0.2) is 4.79 Å². The van der Waals surface area contributed by atoms with E-state index in [1.807, 2.05) is 6.92 Å². The average molecular weight is 267 g/mol. The SMILES string of the molecule is C[C@@H]1CCCC[C@]12NC(=O)N(CC(=O)N(C)C)C2=O. The number of hydrogen-bond donors (Lipinski definition) is 1. The van der Waals surface area contributed by atoms with Crippen LogP contribution < -0.4 is 5.32 Å². The van der Waals surface area contributed by atoms with Crippen molar-refractivity contribution in [2.24, 2.45) is 5.92 Å². The molecule has 2 aliphatic rings. The van der Waals surface area contributed by atoms with Gasteiger partial charge in [0, 0.05) is 14.1 Å². The second kappa shape index (κ2) is 4.83. The van der Waals surface area contributed by atoms with Crippen LogP contribution in [-0.2, 0) is 9.59 Å². The first-order chi connectivity index (χ1) is 8.88. The summed E-state index contributed by atoms with van der Waals surface area (Å²) in [6.45, 7) is 1.82. The predicted molar refractivity (Wildman–Crippen MR) is 69.3 cm³/mol. The summed E-state index contributed by atoms with van der Waals surface area (Å²) in [6, 6.07) is -0.436. The molecule has 19 heavy (non-hydrogen) atoms. The fourth-order valence-electron chi connectivity index (χ4n) is 2.92. The Bertz CT molecular complexity index is 421. The summed E-state index contributed by atoms with van der Waals surface area (Å²) < 4.78 is 0. The Balaban J connectivity index is 2.18. The summed E-state index contributed by atoms with van der Waals surface area (Å²) in [4.78, 5) is 38.7. The molecular weight excluding hydrogens is 246 g/mol. The molecule has 1 heterocycles. The Morgan fingerprint density at radius 3 is 2.68 bits per heavy atom. The molecule has 0 radical (unpaired) electrons. The van der Waals surface area contributed by atoms with E-state index in [1.165, 1.54) is 4.90 Å². The summed E-state index contributed by atoms with van der Waals surface area (Å²) >= 11 is 0. The molecule has 0 aromatic carbocycles. The molecular formula is C13H21N3O3. The van der Waals surface area contributed by atoms with Gasteiger partial charge in [0.2, 0.25) is 5.91 Å². The molecule has 0 unspecified atom stereocenters. The first-order valence-corrected chi connectivity index (χ1v) is 6.73. The number of amides is 4. The zero-order chi connectivity index (χ0) is 14.2. The lowest BCUT2D eigenvalue weighted by atomic mass is 9.73. The maximum atomic E-state index is 12.5. The molecule has 0 aromatic rings. The standard InChI is InChI=1S/C13H21N3O3/c1-9-6-4-5-7-13(9)11(18)16(12(19)14-13)8-10(17)15(2)3/h9H,4-8H2,1-3H3,(H,14,19)/t9-,13+/m1/s1. The quantitative estimate of drug-likeness (QED) is 0.744. The highest BCUT2D eigenvalue weighted by atomic mass is 16.2. The molecule has 1 saturated carbocycles. The zero-order valence-corrected chi connectivity index (χ0v) is 11.7. The maximum Gasteiger partial charge on any atom is 0.325 e. The van der Waals surface area contributed by atoms with E-state index in [2.05, 4.69) is 5.32 Å².